The molecular formula is C21H18N6O. The summed E-state index contributed by atoms with van der Waals surface area (Å²) in [7, 11) is 0. The summed E-state index contributed by atoms with van der Waals surface area (Å²) in [5.74, 6) is -0.527. The van der Waals surface area contributed by atoms with Crippen molar-refractivity contribution in [3.63, 3.8) is 0 Å². The Kier molecular flexibility index (Phi) is 3.97. The maximum atomic E-state index is 11.9. The molecule has 4 aromatic rings. The lowest BCUT2D eigenvalue weighted by atomic mass is 10.0. The Morgan fingerprint density at radius 1 is 1.21 bits per heavy atom. The zero-order valence-corrected chi connectivity index (χ0v) is 15.7. The molecule has 0 aliphatic rings. The molecule has 1 amide bonds. The lowest BCUT2D eigenvalue weighted by Gasteiger charge is -2.05. The number of amides is 1. The third-order valence-corrected chi connectivity index (χ3v) is 4.94. The van der Waals surface area contributed by atoms with Crippen LogP contribution in [0.1, 0.15) is 32.9 Å². The average molecular weight is 370 g/mol. The first-order valence-corrected chi connectivity index (χ1v) is 8.75. The Balaban J connectivity index is 1.83. The van der Waals surface area contributed by atoms with E-state index in [2.05, 4.69) is 21.1 Å². The van der Waals surface area contributed by atoms with Crippen molar-refractivity contribution in [3.8, 4) is 23.0 Å². The van der Waals surface area contributed by atoms with E-state index in [0.717, 1.165) is 39.1 Å². The number of nitrogens with zero attached hydrogens (tertiary/aromatic N) is 4. The summed E-state index contributed by atoms with van der Waals surface area (Å²) in [6, 6.07) is 11.6. The molecule has 0 atom stereocenters. The Morgan fingerprint density at radius 2 is 2.00 bits per heavy atom. The number of carbonyl (C=O) groups excluding carboxylic acids is 1. The van der Waals surface area contributed by atoms with Gasteiger partial charge in [-0.3, -0.25) is 4.79 Å². The number of rotatable bonds is 3. The van der Waals surface area contributed by atoms with Crippen LogP contribution in [0.2, 0.25) is 0 Å². The zero-order chi connectivity index (χ0) is 20.0. The normalized spacial score (nSPS) is 10.9. The number of hydrogen-bond acceptors (Lipinski definition) is 4. The third-order valence-electron chi connectivity index (χ3n) is 4.94. The molecule has 0 aliphatic heterocycles. The van der Waals surface area contributed by atoms with E-state index in [1.165, 1.54) is 0 Å². The molecule has 0 bridgehead atoms. The van der Waals surface area contributed by atoms with Crippen LogP contribution in [0.3, 0.4) is 0 Å². The summed E-state index contributed by atoms with van der Waals surface area (Å²) < 4.78 is 1.54. The summed E-state index contributed by atoms with van der Waals surface area (Å²) >= 11 is 0. The number of primary amides is 1. The predicted molar refractivity (Wildman–Crippen MR) is 106 cm³/mol. The summed E-state index contributed by atoms with van der Waals surface area (Å²) in [5, 5.41) is 14.4. The number of nitrogens with one attached hydrogen (secondary N) is 1. The smallest absolute Gasteiger partial charge is 0.267 e. The summed E-state index contributed by atoms with van der Waals surface area (Å²) in [4.78, 5) is 19.7. The fourth-order valence-corrected chi connectivity index (χ4v) is 3.38. The molecule has 28 heavy (non-hydrogen) atoms. The fourth-order valence-electron chi connectivity index (χ4n) is 3.38. The number of pyridine rings is 1. The number of benzene rings is 1. The van der Waals surface area contributed by atoms with E-state index >= 15 is 0 Å². The number of carbonyl (C=O) groups is 1. The molecule has 0 unspecified atom stereocenters. The number of hydrogen-bond donors (Lipinski definition) is 2. The molecule has 0 aliphatic carbocycles. The second kappa shape index (κ2) is 6.35. The quantitative estimate of drug-likeness (QED) is 0.576. The van der Waals surface area contributed by atoms with Crippen molar-refractivity contribution >= 4 is 16.9 Å². The minimum Gasteiger partial charge on any atom is -0.364 e. The maximum absolute atomic E-state index is 11.9. The van der Waals surface area contributed by atoms with Gasteiger partial charge in [-0.25, -0.2) is 9.67 Å². The number of fused-ring (bicyclic) bond motifs is 1. The van der Waals surface area contributed by atoms with E-state index in [9.17, 15) is 4.79 Å². The van der Waals surface area contributed by atoms with Crippen LogP contribution in [0.4, 0.5) is 0 Å². The van der Waals surface area contributed by atoms with Crippen molar-refractivity contribution < 1.29 is 4.79 Å². The van der Waals surface area contributed by atoms with E-state index in [4.69, 9.17) is 11.0 Å². The van der Waals surface area contributed by atoms with E-state index in [-0.39, 0.29) is 0 Å². The second-order valence-corrected chi connectivity index (χ2v) is 6.79. The topological polar surface area (TPSA) is 113 Å². The molecule has 0 spiro atoms. The van der Waals surface area contributed by atoms with Crippen molar-refractivity contribution in [3.05, 3.63) is 64.6 Å². The molecule has 1 aromatic carbocycles. The molecule has 3 N–H and O–H groups in total. The highest BCUT2D eigenvalue weighted by Gasteiger charge is 2.18. The number of aromatic amines is 1. The standard InChI is InChI=1S/C21H18N6O/c1-11-6-14(9-22)4-5-17(11)18-8-15-7-16(10-24-21(15)25-18)27-19(20(23)28)12(2)13(3)26-27/h4-8,10H,1-3H3,(H2,23,28)(H,24,25). The molecule has 7 heteroatoms. The van der Waals surface area contributed by atoms with Crippen molar-refractivity contribution in [1.29, 1.82) is 5.26 Å². The van der Waals surface area contributed by atoms with Gasteiger partial charge >= 0.3 is 0 Å². The molecule has 0 radical (unpaired) electrons. The van der Waals surface area contributed by atoms with Gasteiger partial charge in [0.25, 0.3) is 5.91 Å². The third kappa shape index (κ3) is 2.72. The first-order chi connectivity index (χ1) is 13.4. The largest absolute Gasteiger partial charge is 0.364 e. The van der Waals surface area contributed by atoms with Gasteiger partial charge < -0.3 is 10.7 Å². The van der Waals surface area contributed by atoms with Crippen LogP contribution in [-0.2, 0) is 0 Å². The minimum absolute atomic E-state index is 0.359. The Hall–Kier alpha value is -3.92. The highest BCUT2D eigenvalue weighted by Crippen LogP contribution is 2.28. The molecule has 0 saturated carbocycles. The SMILES string of the molecule is Cc1cc(C#N)ccc1-c1cc2cc(-n3nc(C)c(C)c3C(N)=O)cnc2[nH]1. The van der Waals surface area contributed by atoms with Crippen molar-refractivity contribution in [2.24, 2.45) is 5.73 Å². The molecule has 4 rings (SSSR count). The van der Waals surface area contributed by atoms with Crippen molar-refractivity contribution in [1.82, 2.24) is 19.7 Å². The van der Waals surface area contributed by atoms with Crippen LogP contribution in [0, 0.1) is 32.1 Å². The first-order valence-electron chi connectivity index (χ1n) is 8.75. The second-order valence-electron chi connectivity index (χ2n) is 6.79. The van der Waals surface area contributed by atoms with Crippen LogP contribution < -0.4 is 5.73 Å². The van der Waals surface area contributed by atoms with Gasteiger partial charge in [0.15, 0.2) is 0 Å². The fraction of sp³-hybridized carbons (Fsp3) is 0.143. The Morgan fingerprint density at radius 3 is 2.68 bits per heavy atom. The number of aryl methyl sites for hydroxylation is 2. The Labute approximate surface area is 161 Å². The van der Waals surface area contributed by atoms with Crippen LogP contribution in [0.25, 0.3) is 28.0 Å². The molecular weight excluding hydrogens is 352 g/mol. The number of H-pyrrole nitrogens is 1. The monoisotopic (exact) mass is 370 g/mol. The van der Waals surface area contributed by atoms with E-state index < -0.39 is 5.91 Å². The highest BCUT2D eigenvalue weighted by molar-refractivity contribution is 5.93. The minimum atomic E-state index is -0.527. The molecule has 138 valence electrons. The van der Waals surface area contributed by atoms with Crippen LogP contribution >= 0.6 is 0 Å². The molecule has 0 saturated heterocycles. The average Bonchev–Trinajstić information content (AvgIpc) is 3.21. The molecule has 3 heterocycles. The van der Waals surface area contributed by atoms with Crippen molar-refractivity contribution in [2.45, 2.75) is 20.8 Å². The molecule has 3 aromatic heterocycles. The van der Waals surface area contributed by atoms with Gasteiger partial charge in [0.1, 0.15) is 11.3 Å². The van der Waals surface area contributed by atoms with Gasteiger partial charge in [0, 0.05) is 22.2 Å². The number of nitriles is 1. The van der Waals surface area contributed by atoms with Gasteiger partial charge in [-0.05, 0) is 50.6 Å². The number of nitrogens with two attached hydrogens (primary N) is 1. The molecule has 0 fully saturated rings. The lowest BCUT2D eigenvalue weighted by Crippen LogP contribution is -2.18. The van der Waals surface area contributed by atoms with Gasteiger partial charge in [-0.15, -0.1) is 0 Å². The first kappa shape index (κ1) is 17.5. The van der Waals surface area contributed by atoms with E-state index in [1.54, 1.807) is 16.9 Å². The Bertz CT molecular complexity index is 1290. The highest BCUT2D eigenvalue weighted by atomic mass is 16.1. The van der Waals surface area contributed by atoms with Crippen LogP contribution in [0.15, 0.2) is 36.5 Å². The van der Waals surface area contributed by atoms with Crippen LogP contribution in [0.5, 0.6) is 0 Å². The summed E-state index contributed by atoms with van der Waals surface area (Å²) in [5.41, 5.74) is 12.3. The lowest BCUT2D eigenvalue weighted by molar-refractivity contribution is 0.0992. The van der Waals surface area contributed by atoms with Gasteiger partial charge in [-0.1, -0.05) is 6.07 Å². The van der Waals surface area contributed by atoms with Gasteiger partial charge in [-0.2, -0.15) is 10.4 Å². The molecule has 7 nitrogen and oxygen atoms in total. The summed E-state index contributed by atoms with van der Waals surface area (Å²) in [6.45, 7) is 5.63. The van der Waals surface area contributed by atoms with Crippen molar-refractivity contribution in [2.75, 3.05) is 0 Å². The predicted octanol–water partition coefficient (Wildman–Crippen LogP) is 3.31. The van der Waals surface area contributed by atoms with E-state index in [0.29, 0.717) is 16.9 Å². The van der Waals surface area contributed by atoms with Gasteiger partial charge in [0.05, 0.1) is 29.2 Å². The van der Waals surface area contributed by atoms with Gasteiger partial charge in [0.2, 0.25) is 0 Å². The zero-order valence-electron chi connectivity index (χ0n) is 15.7. The summed E-state index contributed by atoms with van der Waals surface area (Å²) in [6.07, 6.45) is 1.66. The maximum Gasteiger partial charge on any atom is 0.267 e. The number of aromatic nitrogens is 4. The van der Waals surface area contributed by atoms with E-state index in [1.807, 2.05) is 45.0 Å². The van der Waals surface area contributed by atoms with Crippen LogP contribution in [-0.4, -0.2) is 25.7 Å².